The number of aryl methyl sites for hydroxylation is 1. The van der Waals surface area contributed by atoms with Crippen molar-refractivity contribution in [1.29, 1.82) is 0 Å². The predicted molar refractivity (Wildman–Crippen MR) is 58.0 cm³/mol. The number of fused-ring (bicyclic) bond motifs is 1. The average Bonchev–Trinajstić information content (AvgIpc) is 2.18. The van der Waals surface area contributed by atoms with Gasteiger partial charge in [-0.05, 0) is 30.9 Å². The molecule has 2 rings (SSSR count). The van der Waals surface area contributed by atoms with E-state index in [0.29, 0.717) is 0 Å². The fraction of sp³-hybridized carbons (Fsp3) is 0.385. The Bertz CT molecular complexity index is 354. The lowest BCUT2D eigenvalue weighted by Gasteiger charge is -2.30. The van der Waals surface area contributed by atoms with Gasteiger partial charge in [0.1, 0.15) is 0 Å². The van der Waals surface area contributed by atoms with Crippen LogP contribution in [0.1, 0.15) is 30.6 Å². The number of hydrogen-bond donors (Lipinski definition) is 1. The van der Waals surface area contributed by atoms with Gasteiger partial charge in [-0.15, -0.1) is 0 Å². The number of aliphatic hydroxyl groups is 1. The predicted octanol–water partition coefficient (Wildman–Crippen LogP) is 2.86. The second-order valence-electron chi connectivity index (χ2n) is 4.14. The second kappa shape index (κ2) is 3.58. The van der Waals surface area contributed by atoms with Crippen LogP contribution >= 0.6 is 0 Å². The van der Waals surface area contributed by atoms with Crippen LogP contribution in [0.2, 0.25) is 0 Å². The molecule has 0 aromatic heterocycles. The number of benzene rings is 1. The molecule has 1 nitrogen and oxygen atoms in total. The Morgan fingerprint density at radius 1 is 1.43 bits per heavy atom. The van der Waals surface area contributed by atoms with Crippen LogP contribution < -0.4 is 0 Å². The van der Waals surface area contributed by atoms with Gasteiger partial charge in [0.25, 0.3) is 0 Å². The maximum Gasteiger partial charge on any atom is 0.0857 e. The van der Waals surface area contributed by atoms with Crippen molar-refractivity contribution in [3.8, 4) is 0 Å². The fourth-order valence-electron chi connectivity index (χ4n) is 2.25. The summed E-state index contributed by atoms with van der Waals surface area (Å²) in [5, 5.41) is 10.1. The van der Waals surface area contributed by atoms with Gasteiger partial charge in [-0.2, -0.15) is 0 Å². The van der Waals surface area contributed by atoms with Crippen LogP contribution in [0.3, 0.4) is 0 Å². The summed E-state index contributed by atoms with van der Waals surface area (Å²) in [5.41, 5.74) is 3.47. The van der Waals surface area contributed by atoms with Crippen molar-refractivity contribution in [3.63, 3.8) is 0 Å². The Balaban J connectivity index is 2.36. The number of hydrogen-bond acceptors (Lipinski definition) is 1. The van der Waals surface area contributed by atoms with Crippen molar-refractivity contribution in [1.82, 2.24) is 0 Å². The van der Waals surface area contributed by atoms with Gasteiger partial charge in [-0.1, -0.05) is 36.4 Å². The van der Waals surface area contributed by atoms with E-state index in [1.54, 1.807) is 0 Å². The molecule has 1 aromatic rings. The summed E-state index contributed by atoms with van der Waals surface area (Å²) in [7, 11) is 0. The molecule has 0 saturated carbocycles. The monoisotopic (exact) mass is 188 g/mol. The van der Waals surface area contributed by atoms with Crippen LogP contribution in [-0.4, -0.2) is 5.11 Å². The minimum absolute atomic E-state index is 0.241. The Hall–Kier alpha value is -1.08. The SMILES string of the molecule is C=C(C)[C@H]1CCc2ccccc2[C@@H]1O. The van der Waals surface area contributed by atoms with Crippen LogP contribution in [0.4, 0.5) is 0 Å². The summed E-state index contributed by atoms with van der Waals surface area (Å²) < 4.78 is 0. The Morgan fingerprint density at radius 2 is 2.14 bits per heavy atom. The minimum atomic E-state index is -0.350. The van der Waals surface area contributed by atoms with Gasteiger partial charge in [-0.3, -0.25) is 0 Å². The fourth-order valence-corrected chi connectivity index (χ4v) is 2.25. The summed E-state index contributed by atoms with van der Waals surface area (Å²) in [4.78, 5) is 0. The van der Waals surface area contributed by atoms with E-state index in [-0.39, 0.29) is 12.0 Å². The lowest BCUT2D eigenvalue weighted by atomic mass is 9.78. The van der Waals surface area contributed by atoms with Crippen LogP contribution in [0.15, 0.2) is 36.4 Å². The molecular weight excluding hydrogens is 172 g/mol. The highest BCUT2D eigenvalue weighted by molar-refractivity contribution is 5.33. The first kappa shape index (κ1) is 9.47. The topological polar surface area (TPSA) is 20.2 Å². The molecule has 14 heavy (non-hydrogen) atoms. The molecule has 0 spiro atoms. The third kappa shape index (κ3) is 1.48. The van der Waals surface area contributed by atoms with Gasteiger partial charge >= 0.3 is 0 Å². The molecule has 2 atom stereocenters. The molecule has 0 saturated heterocycles. The van der Waals surface area contributed by atoms with Crippen molar-refractivity contribution in [3.05, 3.63) is 47.5 Å². The zero-order valence-electron chi connectivity index (χ0n) is 8.53. The van der Waals surface area contributed by atoms with Crippen molar-refractivity contribution in [2.45, 2.75) is 25.9 Å². The van der Waals surface area contributed by atoms with E-state index in [0.717, 1.165) is 24.0 Å². The highest BCUT2D eigenvalue weighted by Crippen LogP contribution is 2.37. The maximum absolute atomic E-state index is 10.1. The normalized spacial score (nSPS) is 25.6. The third-order valence-corrected chi connectivity index (χ3v) is 3.11. The molecule has 1 N–H and O–H groups in total. The number of rotatable bonds is 1. The molecule has 1 heteroatoms. The molecule has 1 aliphatic carbocycles. The quantitative estimate of drug-likeness (QED) is 0.672. The molecule has 0 unspecified atom stereocenters. The minimum Gasteiger partial charge on any atom is -0.388 e. The number of aliphatic hydroxyl groups excluding tert-OH is 1. The Morgan fingerprint density at radius 3 is 2.86 bits per heavy atom. The second-order valence-corrected chi connectivity index (χ2v) is 4.14. The molecule has 0 heterocycles. The van der Waals surface area contributed by atoms with E-state index in [2.05, 4.69) is 12.6 Å². The lowest BCUT2D eigenvalue weighted by molar-refractivity contribution is 0.112. The molecule has 0 aliphatic heterocycles. The Kier molecular flexibility index (Phi) is 2.42. The molecule has 0 fully saturated rings. The zero-order valence-corrected chi connectivity index (χ0v) is 8.53. The maximum atomic E-state index is 10.1. The smallest absolute Gasteiger partial charge is 0.0857 e. The van der Waals surface area contributed by atoms with Crippen molar-refractivity contribution < 1.29 is 5.11 Å². The van der Waals surface area contributed by atoms with Crippen LogP contribution in [0.5, 0.6) is 0 Å². The van der Waals surface area contributed by atoms with Gasteiger partial charge in [-0.25, -0.2) is 0 Å². The first-order chi connectivity index (χ1) is 6.70. The third-order valence-electron chi connectivity index (χ3n) is 3.11. The van der Waals surface area contributed by atoms with E-state index in [1.807, 2.05) is 25.1 Å². The highest BCUT2D eigenvalue weighted by atomic mass is 16.3. The standard InChI is InChI=1S/C13H16O/c1-9(2)11-8-7-10-5-3-4-6-12(10)13(11)14/h3-6,11,13-14H,1,7-8H2,2H3/t11-,13-/m1/s1. The van der Waals surface area contributed by atoms with Gasteiger partial charge in [0.05, 0.1) is 6.10 Å². The van der Waals surface area contributed by atoms with Crippen LogP contribution in [-0.2, 0) is 6.42 Å². The lowest BCUT2D eigenvalue weighted by Crippen LogP contribution is -2.20. The van der Waals surface area contributed by atoms with Crippen molar-refractivity contribution in [2.24, 2.45) is 5.92 Å². The summed E-state index contributed by atoms with van der Waals surface area (Å²) in [6.45, 7) is 5.94. The van der Waals surface area contributed by atoms with E-state index >= 15 is 0 Å². The van der Waals surface area contributed by atoms with Crippen molar-refractivity contribution >= 4 is 0 Å². The van der Waals surface area contributed by atoms with Gasteiger partial charge in [0, 0.05) is 5.92 Å². The first-order valence-corrected chi connectivity index (χ1v) is 5.11. The summed E-state index contributed by atoms with van der Waals surface area (Å²) in [5.74, 6) is 0.241. The highest BCUT2D eigenvalue weighted by Gasteiger charge is 2.27. The summed E-state index contributed by atoms with van der Waals surface area (Å²) in [6.07, 6.45) is 1.73. The summed E-state index contributed by atoms with van der Waals surface area (Å²) >= 11 is 0. The van der Waals surface area contributed by atoms with Crippen LogP contribution in [0.25, 0.3) is 0 Å². The molecule has 0 amide bonds. The molecule has 0 bridgehead atoms. The van der Waals surface area contributed by atoms with E-state index in [9.17, 15) is 5.11 Å². The largest absolute Gasteiger partial charge is 0.388 e. The van der Waals surface area contributed by atoms with Gasteiger partial charge in [0.2, 0.25) is 0 Å². The first-order valence-electron chi connectivity index (χ1n) is 5.11. The summed E-state index contributed by atoms with van der Waals surface area (Å²) in [6, 6.07) is 8.15. The zero-order chi connectivity index (χ0) is 10.1. The van der Waals surface area contributed by atoms with Crippen molar-refractivity contribution in [2.75, 3.05) is 0 Å². The van der Waals surface area contributed by atoms with E-state index in [4.69, 9.17) is 0 Å². The Labute approximate surface area is 85.1 Å². The van der Waals surface area contributed by atoms with E-state index < -0.39 is 0 Å². The van der Waals surface area contributed by atoms with Gasteiger partial charge in [0.15, 0.2) is 0 Å². The van der Waals surface area contributed by atoms with Gasteiger partial charge < -0.3 is 5.11 Å². The molecule has 74 valence electrons. The van der Waals surface area contributed by atoms with Crippen LogP contribution in [0, 0.1) is 5.92 Å². The molecule has 1 aliphatic rings. The van der Waals surface area contributed by atoms with E-state index in [1.165, 1.54) is 5.56 Å². The molecule has 1 aromatic carbocycles. The average molecular weight is 188 g/mol. The molecular formula is C13H16O. The molecule has 0 radical (unpaired) electrons.